The summed E-state index contributed by atoms with van der Waals surface area (Å²) in [4.78, 5) is 24.7. The molecule has 31 heavy (non-hydrogen) atoms. The highest BCUT2D eigenvalue weighted by Crippen LogP contribution is 2.21. The molecule has 0 atom stereocenters. The molecule has 0 unspecified atom stereocenters. The molecule has 2 aromatic carbocycles. The van der Waals surface area contributed by atoms with Crippen molar-refractivity contribution in [2.24, 2.45) is 7.05 Å². The summed E-state index contributed by atoms with van der Waals surface area (Å²) in [6.07, 6.45) is 0. The summed E-state index contributed by atoms with van der Waals surface area (Å²) in [5.41, 5.74) is 3.20. The Morgan fingerprint density at radius 1 is 1.10 bits per heavy atom. The molecule has 3 aromatic rings. The number of amides is 2. The Kier molecular flexibility index (Phi) is 7.59. The van der Waals surface area contributed by atoms with E-state index < -0.39 is 0 Å². The van der Waals surface area contributed by atoms with Crippen LogP contribution in [0, 0.1) is 13.8 Å². The van der Waals surface area contributed by atoms with Gasteiger partial charge in [-0.2, -0.15) is 0 Å². The first-order valence-corrected chi connectivity index (χ1v) is 11.1. The van der Waals surface area contributed by atoms with Crippen LogP contribution in [0.1, 0.15) is 27.3 Å². The lowest BCUT2D eigenvalue weighted by Crippen LogP contribution is -2.24. The van der Waals surface area contributed by atoms with Gasteiger partial charge in [-0.3, -0.25) is 9.59 Å². The Labute approximate surface area is 194 Å². The van der Waals surface area contributed by atoms with Crippen LogP contribution in [0.15, 0.2) is 41.6 Å². The minimum Gasteiger partial charge on any atom is -0.345 e. The number of thioether (sulfide) groups is 1. The molecule has 0 aliphatic heterocycles. The molecular formula is C21H21Cl2N5O2S. The quantitative estimate of drug-likeness (QED) is 0.492. The molecule has 2 N–H and O–H groups in total. The van der Waals surface area contributed by atoms with E-state index in [2.05, 4.69) is 20.8 Å². The molecule has 0 fully saturated rings. The van der Waals surface area contributed by atoms with Crippen LogP contribution >= 0.6 is 35.0 Å². The summed E-state index contributed by atoms with van der Waals surface area (Å²) in [5, 5.41) is 15.2. The minimum absolute atomic E-state index is 0.131. The maximum absolute atomic E-state index is 12.4. The molecule has 10 heteroatoms. The Hall–Kier alpha value is -2.55. The van der Waals surface area contributed by atoms with E-state index >= 15 is 0 Å². The highest BCUT2D eigenvalue weighted by Gasteiger charge is 2.15. The third kappa shape index (κ3) is 6.00. The topological polar surface area (TPSA) is 88.9 Å². The lowest BCUT2D eigenvalue weighted by Gasteiger charge is -2.09. The number of hydrogen-bond acceptors (Lipinski definition) is 5. The van der Waals surface area contributed by atoms with Gasteiger partial charge in [-0.05, 0) is 49.2 Å². The second-order valence-electron chi connectivity index (χ2n) is 6.92. The number of aromatic nitrogens is 3. The third-order valence-electron chi connectivity index (χ3n) is 4.51. The van der Waals surface area contributed by atoms with Crippen LogP contribution in [0.3, 0.4) is 0 Å². The second-order valence-corrected chi connectivity index (χ2v) is 8.71. The summed E-state index contributed by atoms with van der Waals surface area (Å²) >= 11 is 13.2. The van der Waals surface area contributed by atoms with Gasteiger partial charge in [0.25, 0.3) is 5.91 Å². The van der Waals surface area contributed by atoms with E-state index in [1.807, 2.05) is 32.0 Å². The van der Waals surface area contributed by atoms with Crippen molar-refractivity contribution >= 4 is 52.5 Å². The number of rotatable bonds is 7. The molecular weight excluding hydrogens is 457 g/mol. The van der Waals surface area contributed by atoms with Gasteiger partial charge < -0.3 is 15.2 Å². The van der Waals surface area contributed by atoms with Gasteiger partial charge in [0.15, 0.2) is 11.0 Å². The van der Waals surface area contributed by atoms with Crippen LogP contribution in [-0.4, -0.2) is 32.3 Å². The minimum atomic E-state index is -0.341. The summed E-state index contributed by atoms with van der Waals surface area (Å²) in [5.74, 6) is 0.267. The molecule has 0 saturated carbocycles. The zero-order valence-corrected chi connectivity index (χ0v) is 19.5. The third-order valence-corrected chi connectivity index (χ3v) is 6.08. The first-order valence-electron chi connectivity index (χ1n) is 9.36. The molecule has 0 radical (unpaired) electrons. The Bertz CT molecular complexity index is 1130. The van der Waals surface area contributed by atoms with Gasteiger partial charge in [0.05, 0.1) is 22.9 Å². The van der Waals surface area contributed by atoms with Crippen molar-refractivity contribution in [3.8, 4) is 0 Å². The van der Waals surface area contributed by atoms with Crippen LogP contribution in [-0.2, 0) is 18.4 Å². The number of anilines is 1. The van der Waals surface area contributed by atoms with Crippen molar-refractivity contribution in [1.29, 1.82) is 0 Å². The molecule has 7 nitrogen and oxygen atoms in total. The maximum atomic E-state index is 12.4. The molecule has 3 rings (SSSR count). The number of aryl methyl sites for hydroxylation is 2. The van der Waals surface area contributed by atoms with Crippen molar-refractivity contribution < 1.29 is 9.59 Å². The van der Waals surface area contributed by atoms with Crippen molar-refractivity contribution in [1.82, 2.24) is 20.1 Å². The number of hydrogen-bond donors (Lipinski definition) is 2. The highest BCUT2D eigenvalue weighted by atomic mass is 35.5. The standard InChI is InChI=1S/C21H21Cl2N5O2S/c1-12-4-5-13(2)17(8-12)25-19(29)11-31-21-27-26-18(28(21)3)10-24-20(30)15-7-6-14(22)9-16(15)23/h4-9H,10-11H2,1-3H3,(H,24,30)(H,25,29). The van der Waals surface area contributed by atoms with Gasteiger partial charge in [0, 0.05) is 17.8 Å². The predicted octanol–water partition coefficient (Wildman–Crippen LogP) is 4.40. The van der Waals surface area contributed by atoms with Crippen LogP contribution in [0.4, 0.5) is 5.69 Å². The molecule has 0 aliphatic rings. The normalized spacial score (nSPS) is 10.7. The van der Waals surface area contributed by atoms with Gasteiger partial charge in [-0.1, -0.05) is 47.1 Å². The van der Waals surface area contributed by atoms with E-state index in [-0.39, 0.29) is 29.1 Å². The van der Waals surface area contributed by atoms with Gasteiger partial charge >= 0.3 is 0 Å². The van der Waals surface area contributed by atoms with Gasteiger partial charge in [0.2, 0.25) is 5.91 Å². The Morgan fingerprint density at radius 2 is 1.87 bits per heavy atom. The van der Waals surface area contributed by atoms with E-state index in [1.165, 1.54) is 17.8 Å². The molecule has 0 bridgehead atoms. The lowest BCUT2D eigenvalue weighted by atomic mass is 10.1. The van der Waals surface area contributed by atoms with E-state index in [0.717, 1.165) is 16.8 Å². The van der Waals surface area contributed by atoms with Crippen LogP contribution < -0.4 is 10.6 Å². The monoisotopic (exact) mass is 477 g/mol. The first kappa shape index (κ1) is 23.1. The Morgan fingerprint density at radius 3 is 2.61 bits per heavy atom. The molecule has 0 aliphatic carbocycles. The smallest absolute Gasteiger partial charge is 0.253 e. The summed E-state index contributed by atoms with van der Waals surface area (Å²) < 4.78 is 1.74. The molecule has 2 amide bonds. The largest absolute Gasteiger partial charge is 0.345 e. The highest BCUT2D eigenvalue weighted by molar-refractivity contribution is 7.99. The SMILES string of the molecule is Cc1ccc(C)c(NC(=O)CSc2nnc(CNC(=O)c3ccc(Cl)cc3Cl)n2C)c1. The van der Waals surface area contributed by atoms with Gasteiger partial charge in [0.1, 0.15) is 0 Å². The molecule has 0 spiro atoms. The second kappa shape index (κ2) is 10.2. The summed E-state index contributed by atoms with van der Waals surface area (Å²) in [7, 11) is 1.78. The Balaban J connectivity index is 1.55. The van der Waals surface area contributed by atoms with Gasteiger partial charge in [-0.15, -0.1) is 10.2 Å². The molecule has 1 aromatic heterocycles. The van der Waals surface area contributed by atoms with E-state index in [0.29, 0.717) is 21.6 Å². The summed E-state index contributed by atoms with van der Waals surface area (Å²) in [6.45, 7) is 4.09. The number of nitrogens with zero attached hydrogens (tertiary/aromatic N) is 3. The van der Waals surface area contributed by atoms with Gasteiger partial charge in [-0.25, -0.2) is 0 Å². The molecule has 1 heterocycles. The fraction of sp³-hybridized carbons (Fsp3) is 0.238. The van der Waals surface area contributed by atoms with Crippen molar-refractivity contribution in [3.05, 3.63) is 69.0 Å². The van der Waals surface area contributed by atoms with Crippen molar-refractivity contribution in [2.45, 2.75) is 25.5 Å². The van der Waals surface area contributed by atoms with E-state index in [9.17, 15) is 9.59 Å². The summed E-state index contributed by atoms with van der Waals surface area (Å²) in [6, 6.07) is 10.6. The fourth-order valence-corrected chi connectivity index (χ4v) is 3.96. The average Bonchev–Trinajstić information content (AvgIpc) is 3.07. The number of carbonyl (C=O) groups is 2. The number of benzene rings is 2. The first-order chi connectivity index (χ1) is 14.7. The molecule has 162 valence electrons. The van der Waals surface area contributed by atoms with E-state index in [1.54, 1.807) is 23.7 Å². The van der Waals surface area contributed by atoms with Crippen molar-refractivity contribution in [3.63, 3.8) is 0 Å². The maximum Gasteiger partial charge on any atom is 0.253 e. The predicted molar refractivity (Wildman–Crippen MR) is 124 cm³/mol. The zero-order chi connectivity index (χ0) is 22.5. The van der Waals surface area contributed by atoms with Crippen LogP contribution in [0.25, 0.3) is 0 Å². The fourth-order valence-electron chi connectivity index (χ4n) is 2.74. The number of nitrogens with one attached hydrogen (secondary N) is 2. The van der Waals surface area contributed by atoms with Crippen molar-refractivity contribution in [2.75, 3.05) is 11.1 Å². The lowest BCUT2D eigenvalue weighted by molar-refractivity contribution is -0.113. The van der Waals surface area contributed by atoms with Crippen LogP contribution in [0.5, 0.6) is 0 Å². The average molecular weight is 478 g/mol. The van der Waals surface area contributed by atoms with Crippen LogP contribution in [0.2, 0.25) is 10.0 Å². The number of halogens is 2. The molecule has 0 saturated heterocycles. The zero-order valence-electron chi connectivity index (χ0n) is 17.2. The van der Waals surface area contributed by atoms with E-state index in [4.69, 9.17) is 23.2 Å². The number of carbonyl (C=O) groups excluding carboxylic acids is 2.